The second-order valence-corrected chi connectivity index (χ2v) is 0.676. The first-order valence-corrected chi connectivity index (χ1v) is 1.32. The Morgan fingerprint density at radius 1 is 1.50 bits per heavy atom. The number of rotatable bonds is 0. The van der Waals surface area contributed by atoms with E-state index in [4.69, 9.17) is 0 Å². The minimum Gasteiger partial charge on any atom is -0.452 e. The Morgan fingerprint density at radius 2 is 2.33 bits per heavy atom. The maximum Gasteiger partial charge on any atom is 0.180 e. The number of hydrogen-bond acceptors (Lipinski definition) is 2. The fraction of sp³-hybridized carbons (Fsp3) is 0. The standard InChI is InChI=1S/C3H3NO.Zr/c1-2-5-3-4-1;/h1-3H;. The van der Waals surface area contributed by atoms with Gasteiger partial charge in [0.1, 0.15) is 6.26 Å². The molecule has 30 valence electrons. The van der Waals surface area contributed by atoms with Crippen LogP contribution in [0.3, 0.4) is 0 Å². The molecule has 0 spiro atoms. The van der Waals surface area contributed by atoms with Crippen LogP contribution in [0.5, 0.6) is 0 Å². The van der Waals surface area contributed by atoms with E-state index in [1.54, 1.807) is 6.20 Å². The molecule has 0 aliphatic carbocycles. The van der Waals surface area contributed by atoms with E-state index < -0.39 is 0 Å². The van der Waals surface area contributed by atoms with Crippen LogP contribution in [0, 0.1) is 0 Å². The van der Waals surface area contributed by atoms with Crippen LogP contribution < -0.4 is 0 Å². The van der Waals surface area contributed by atoms with Gasteiger partial charge in [-0.1, -0.05) is 0 Å². The van der Waals surface area contributed by atoms with Crippen molar-refractivity contribution in [2.75, 3.05) is 0 Å². The van der Waals surface area contributed by atoms with Gasteiger partial charge in [0.15, 0.2) is 6.39 Å². The third kappa shape index (κ3) is 1.51. The van der Waals surface area contributed by atoms with Gasteiger partial charge in [-0.25, -0.2) is 4.98 Å². The quantitative estimate of drug-likeness (QED) is 0.557. The van der Waals surface area contributed by atoms with Crippen LogP contribution in [0.25, 0.3) is 0 Å². The van der Waals surface area contributed by atoms with E-state index in [0.717, 1.165) is 0 Å². The molecule has 0 bridgehead atoms. The molecule has 0 aromatic carbocycles. The van der Waals surface area contributed by atoms with E-state index in [2.05, 4.69) is 9.40 Å². The molecule has 1 aromatic rings. The van der Waals surface area contributed by atoms with Crippen molar-refractivity contribution >= 4 is 0 Å². The van der Waals surface area contributed by atoms with Crippen molar-refractivity contribution < 1.29 is 30.6 Å². The topological polar surface area (TPSA) is 26.0 Å². The Morgan fingerprint density at radius 3 is 2.50 bits per heavy atom. The fourth-order valence-corrected chi connectivity index (χ4v) is 0.176. The van der Waals surface area contributed by atoms with Crippen LogP contribution in [-0.4, -0.2) is 4.98 Å². The third-order valence-corrected chi connectivity index (χ3v) is 0.347. The van der Waals surface area contributed by atoms with E-state index >= 15 is 0 Å². The smallest absolute Gasteiger partial charge is 0.180 e. The number of hydrogen-bond donors (Lipinski definition) is 0. The minimum atomic E-state index is 0. The summed E-state index contributed by atoms with van der Waals surface area (Å²) in [5.41, 5.74) is 0. The SMILES string of the molecule is [Zr].c1cocn1. The van der Waals surface area contributed by atoms with Gasteiger partial charge in [-0.05, 0) is 0 Å². The first-order valence-electron chi connectivity index (χ1n) is 1.32. The molecule has 0 atom stereocenters. The molecule has 0 saturated heterocycles. The molecular formula is C3H3NOZr. The van der Waals surface area contributed by atoms with Crippen molar-refractivity contribution in [3.63, 3.8) is 0 Å². The zero-order valence-corrected chi connectivity index (χ0v) is 5.55. The van der Waals surface area contributed by atoms with Crippen LogP contribution >= 0.6 is 0 Å². The zero-order valence-electron chi connectivity index (χ0n) is 3.09. The van der Waals surface area contributed by atoms with Gasteiger partial charge in [-0.2, -0.15) is 0 Å². The normalized spacial score (nSPS) is 6.67. The van der Waals surface area contributed by atoms with E-state index in [1.807, 2.05) is 0 Å². The molecule has 2 nitrogen and oxygen atoms in total. The Hall–Kier alpha value is 0.0931. The number of oxazole rings is 1. The first kappa shape index (κ1) is 6.09. The summed E-state index contributed by atoms with van der Waals surface area (Å²) in [5.74, 6) is 0. The van der Waals surface area contributed by atoms with Crippen molar-refractivity contribution in [1.29, 1.82) is 0 Å². The average Bonchev–Trinajstić information content (AvgIpc) is 1.76. The van der Waals surface area contributed by atoms with Crippen molar-refractivity contribution in [3.8, 4) is 0 Å². The molecule has 0 N–H and O–H groups in total. The average molecular weight is 160 g/mol. The summed E-state index contributed by atoms with van der Waals surface area (Å²) in [6.07, 6.45) is 4.47. The van der Waals surface area contributed by atoms with Crippen molar-refractivity contribution in [1.82, 2.24) is 4.98 Å². The summed E-state index contributed by atoms with van der Waals surface area (Å²) < 4.78 is 4.47. The third-order valence-electron chi connectivity index (χ3n) is 0.347. The Bertz CT molecular complexity index is 67.3. The Labute approximate surface area is 54.7 Å². The largest absolute Gasteiger partial charge is 0.452 e. The summed E-state index contributed by atoms with van der Waals surface area (Å²) in [7, 11) is 0. The van der Waals surface area contributed by atoms with Gasteiger partial charge in [0.2, 0.25) is 0 Å². The summed E-state index contributed by atoms with van der Waals surface area (Å²) in [4.78, 5) is 3.56. The monoisotopic (exact) mass is 159 g/mol. The molecular weight excluding hydrogens is 157 g/mol. The van der Waals surface area contributed by atoms with Crippen LogP contribution in [0.4, 0.5) is 0 Å². The molecule has 0 aliphatic heterocycles. The molecule has 0 fully saturated rings. The second-order valence-electron chi connectivity index (χ2n) is 0.676. The molecule has 0 amide bonds. The maximum absolute atomic E-state index is 4.47. The predicted molar refractivity (Wildman–Crippen MR) is 16.5 cm³/mol. The van der Waals surface area contributed by atoms with Crippen molar-refractivity contribution in [2.24, 2.45) is 0 Å². The Kier molecular flexibility index (Phi) is 3.34. The van der Waals surface area contributed by atoms with Gasteiger partial charge in [0, 0.05) is 26.2 Å². The van der Waals surface area contributed by atoms with Crippen LogP contribution in [-0.2, 0) is 26.2 Å². The van der Waals surface area contributed by atoms with E-state index in [0.29, 0.717) is 0 Å². The Balaban J connectivity index is 0.000000250. The molecule has 0 radical (unpaired) electrons. The van der Waals surface area contributed by atoms with Crippen LogP contribution in [0.15, 0.2) is 23.3 Å². The maximum atomic E-state index is 4.47. The summed E-state index contributed by atoms with van der Waals surface area (Å²) in [5, 5.41) is 0. The molecule has 3 heteroatoms. The minimum absolute atomic E-state index is 0. The van der Waals surface area contributed by atoms with E-state index in [1.165, 1.54) is 12.7 Å². The fourth-order valence-electron chi connectivity index (χ4n) is 0.176. The van der Waals surface area contributed by atoms with Crippen LogP contribution in [0.2, 0.25) is 0 Å². The number of aromatic nitrogens is 1. The summed E-state index contributed by atoms with van der Waals surface area (Å²) in [6.45, 7) is 0. The molecule has 0 unspecified atom stereocenters. The van der Waals surface area contributed by atoms with Crippen LogP contribution in [0.1, 0.15) is 0 Å². The number of nitrogens with zero attached hydrogens (tertiary/aromatic N) is 1. The van der Waals surface area contributed by atoms with Gasteiger partial charge in [0.05, 0.1) is 6.20 Å². The first-order chi connectivity index (χ1) is 2.50. The van der Waals surface area contributed by atoms with Gasteiger partial charge in [0.25, 0.3) is 0 Å². The van der Waals surface area contributed by atoms with Crippen molar-refractivity contribution in [3.05, 3.63) is 18.9 Å². The molecule has 1 heterocycles. The second kappa shape index (κ2) is 3.29. The van der Waals surface area contributed by atoms with Gasteiger partial charge in [-0.15, -0.1) is 0 Å². The summed E-state index contributed by atoms with van der Waals surface area (Å²) >= 11 is 0. The van der Waals surface area contributed by atoms with E-state index in [-0.39, 0.29) is 26.2 Å². The van der Waals surface area contributed by atoms with Gasteiger partial charge < -0.3 is 4.42 Å². The van der Waals surface area contributed by atoms with E-state index in [9.17, 15) is 0 Å². The molecule has 1 aromatic heterocycles. The predicted octanol–water partition coefficient (Wildman–Crippen LogP) is 0.672. The summed E-state index contributed by atoms with van der Waals surface area (Å²) in [6, 6.07) is 0. The van der Waals surface area contributed by atoms with Gasteiger partial charge in [-0.3, -0.25) is 0 Å². The van der Waals surface area contributed by atoms with Gasteiger partial charge >= 0.3 is 0 Å². The molecule has 0 aliphatic rings. The molecule has 0 saturated carbocycles. The molecule has 1 rings (SSSR count). The zero-order chi connectivity index (χ0) is 3.54. The van der Waals surface area contributed by atoms with Crippen molar-refractivity contribution in [2.45, 2.75) is 0 Å². The molecule has 6 heavy (non-hydrogen) atoms.